The zero-order valence-corrected chi connectivity index (χ0v) is 9.97. The Morgan fingerprint density at radius 1 is 1.00 bits per heavy atom. The number of hydrogen-bond acceptors (Lipinski definition) is 4. The second-order valence-corrected chi connectivity index (χ2v) is 5.65. The first-order valence-electron chi connectivity index (χ1n) is 4.49. The summed E-state index contributed by atoms with van der Waals surface area (Å²) in [4.78, 5) is 20.7. The zero-order chi connectivity index (χ0) is 11.8. The van der Waals surface area contributed by atoms with E-state index < -0.39 is 24.0 Å². The molecule has 7 heteroatoms. The third-order valence-electron chi connectivity index (χ3n) is 1.78. The number of rotatable bonds is 8. The van der Waals surface area contributed by atoms with Gasteiger partial charge in [0.15, 0.2) is 0 Å². The molecule has 0 amide bonds. The molecule has 0 aromatic carbocycles. The maximum absolute atomic E-state index is 10.3. The molecule has 15 heavy (non-hydrogen) atoms. The van der Waals surface area contributed by atoms with Crippen molar-refractivity contribution in [3.8, 4) is 0 Å². The Morgan fingerprint density at radius 2 is 1.33 bits per heavy atom. The van der Waals surface area contributed by atoms with Crippen LogP contribution in [0.4, 0.5) is 0 Å². The van der Waals surface area contributed by atoms with Gasteiger partial charge >= 0.3 is 93.7 Å². The van der Waals surface area contributed by atoms with E-state index in [1.807, 2.05) is 0 Å². The van der Waals surface area contributed by atoms with E-state index in [9.17, 15) is 9.59 Å². The Balaban J connectivity index is 3.40. The van der Waals surface area contributed by atoms with Gasteiger partial charge in [-0.05, 0) is 0 Å². The average molecular weight is 283 g/mol. The van der Waals surface area contributed by atoms with E-state index in [1.165, 1.54) is 0 Å². The number of carboxylic acid groups (broad SMARTS) is 2. The molecule has 0 bridgehead atoms. The van der Waals surface area contributed by atoms with E-state index in [1.54, 1.807) is 0 Å². The van der Waals surface area contributed by atoms with E-state index in [0.717, 1.165) is 10.6 Å². The van der Waals surface area contributed by atoms with Crippen LogP contribution in [0.5, 0.6) is 0 Å². The molecule has 0 saturated heterocycles. The van der Waals surface area contributed by atoms with Gasteiger partial charge in [-0.15, -0.1) is 0 Å². The molecule has 0 aliphatic carbocycles. The van der Waals surface area contributed by atoms with Crippen molar-refractivity contribution >= 4 is 26.9 Å². The topological polar surface area (TPSA) is 127 Å². The van der Waals surface area contributed by atoms with Crippen LogP contribution >= 0.6 is 0 Å². The standard InChI is InChI=1S/C8H16N2O4Se/c9-5(7(11)12)1-3-15-4-2-6(10)8(13)14/h5-6H,1-4,9-10H2,(H,11,12)(H,13,14)/t5-,6-/m0/s1. The van der Waals surface area contributed by atoms with Crippen LogP contribution in [0.15, 0.2) is 0 Å². The van der Waals surface area contributed by atoms with Crippen molar-refractivity contribution in [3.05, 3.63) is 0 Å². The van der Waals surface area contributed by atoms with Crippen LogP contribution in [0, 0.1) is 0 Å². The van der Waals surface area contributed by atoms with E-state index in [0.29, 0.717) is 12.8 Å². The number of aliphatic carboxylic acids is 2. The summed E-state index contributed by atoms with van der Waals surface area (Å²) in [5.41, 5.74) is 10.6. The van der Waals surface area contributed by atoms with Crippen molar-refractivity contribution < 1.29 is 19.8 Å². The summed E-state index contributed by atoms with van der Waals surface area (Å²) < 4.78 is 0. The van der Waals surface area contributed by atoms with Crippen LogP contribution in [0.2, 0.25) is 10.6 Å². The van der Waals surface area contributed by atoms with Crippen molar-refractivity contribution in [2.45, 2.75) is 35.6 Å². The van der Waals surface area contributed by atoms with Crippen LogP contribution in [0.25, 0.3) is 0 Å². The van der Waals surface area contributed by atoms with Gasteiger partial charge in [0.25, 0.3) is 0 Å². The quantitative estimate of drug-likeness (QED) is 0.339. The first-order valence-corrected chi connectivity index (χ1v) is 6.92. The predicted octanol–water partition coefficient (Wildman–Crippen LogP) is -0.869. The van der Waals surface area contributed by atoms with Gasteiger partial charge in [0.05, 0.1) is 0 Å². The maximum atomic E-state index is 10.3. The predicted molar refractivity (Wildman–Crippen MR) is 55.8 cm³/mol. The van der Waals surface area contributed by atoms with Crippen molar-refractivity contribution in [2.24, 2.45) is 11.5 Å². The number of nitrogens with two attached hydrogens (primary N) is 2. The van der Waals surface area contributed by atoms with E-state index in [4.69, 9.17) is 21.7 Å². The first kappa shape index (κ1) is 14.4. The molecule has 0 heterocycles. The molecule has 0 spiro atoms. The van der Waals surface area contributed by atoms with Crippen molar-refractivity contribution in [1.82, 2.24) is 0 Å². The Kier molecular flexibility index (Phi) is 7.33. The Bertz CT molecular complexity index is 203. The van der Waals surface area contributed by atoms with Gasteiger partial charge in [-0.25, -0.2) is 0 Å². The third kappa shape index (κ3) is 7.32. The van der Waals surface area contributed by atoms with Crippen LogP contribution < -0.4 is 11.5 Å². The minimum absolute atomic E-state index is 0.222. The second-order valence-electron chi connectivity index (χ2n) is 3.08. The fourth-order valence-electron chi connectivity index (χ4n) is 0.770. The van der Waals surface area contributed by atoms with Crippen LogP contribution in [-0.2, 0) is 9.59 Å². The van der Waals surface area contributed by atoms with E-state index >= 15 is 0 Å². The SMILES string of the molecule is N[C@@H](CC[Se]CC[C@H](N)C(=O)O)C(=O)O. The summed E-state index contributed by atoms with van der Waals surface area (Å²) in [6.45, 7) is 0. The normalized spacial score (nSPS) is 14.5. The molecule has 0 fully saturated rings. The molecule has 6 N–H and O–H groups in total. The molecule has 0 aromatic heterocycles. The van der Waals surface area contributed by atoms with Gasteiger partial charge < -0.3 is 0 Å². The second kappa shape index (κ2) is 7.64. The van der Waals surface area contributed by atoms with Crippen molar-refractivity contribution in [2.75, 3.05) is 0 Å². The fourth-order valence-corrected chi connectivity index (χ4v) is 2.96. The average Bonchev–Trinajstić information content (AvgIpc) is 2.16. The van der Waals surface area contributed by atoms with Gasteiger partial charge in [0.1, 0.15) is 0 Å². The van der Waals surface area contributed by atoms with Gasteiger partial charge in [0.2, 0.25) is 0 Å². The van der Waals surface area contributed by atoms with Crippen molar-refractivity contribution in [1.29, 1.82) is 0 Å². The molecule has 0 saturated carbocycles. The van der Waals surface area contributed by atoms with E-state index in [-0.39, 0.29) is 15.0 Å². The molecule has 88 valence electrons. The monoisotopic (exact) mass is 284 g/mol. The van der Waals surface area contributed by atoms with Gasteiger partial charge in [-0.3, -0.25) is 0 Å². The third-order valence-corrected chi connectivity index (χ3v) is 3.98. The summed E-state index contributed by atoms with van der Waals surface area (Å²) in [5, 5.41) is 18.5. The number of carbonyl (C=O) groups is 2. The molecule has 2 atom stereocenters. The number of hydrogen-bond donors (Lipinski definition) is 4. The zero-order valence-electron chi connectivity index (χ0n) is 8.26. The molecule has 0 aliphatic heterocycles. The summed E-state index contributed by atoms with van der Waals surface area (Å²) in [7, 11) is 0. The minimum atomic E-state index is -0.993. The van der Waals surface area contributed by atoms with Crippen LogP contribution in [0.1, 0.15) is 12.8 Å². The van der Waals surface area contributed by atoms with E-state index in [2.05, 4.69) is 0 Å². The molecule has 0 aromatic rings. The molecule has 0 radical (unpaired) electrons. The summed E-state index contributed by atoms with van der Waals surface area (Å²) in [6, 6.07) is -1.61. The molecular formula is C8H16N2O4Se. The van der Waals surface area contributed by atoms with Gasteiger partial charge in [-0.1, -0.05) is 0 Å². The molecule has 0 unspecified atom stereocenters. The molecule has 6 nitrogen and oxygen atoms in total. The van der Waals surface area contributed by atoms with Crippen LogP contribution in [0.3, 0.4) is 0 Å². The molecule has 0 aliphatic rings. The Hall–Kier alpha value is -0.621. The number of carboxylic acids is 2. The Morgan fingerprint density at radius 3 is 1.60 bits per heavy atom. The molecule has 0 rings (SSSR count). The summed E-state index contributed by atoms with van der Waals surface area (Å²) in [5.74, 6) is -1.99. The fraction of sp³-hybridized carbons (Fsp3) is 0.750. The summed E-state index contributed by atoms with van der Waals surface area (Å²) in [6.07, 6.45) is 0.884. The summed E-state index contributed by atoms with van der Waals surface area (Å²) >= 11 is 0.222. The van der Waals surface area contributed by atoms with Gasteiger partial charge in [-0.2, -0.15) is 0 Å². The first-order chi connectivity index (χ1) is 6.95. The van der Waals surface area contributed by atoms with Crippen molar-refractivity contribution in [3.63, 3.8) is 0 Å². The molecular weight excluding hydrogens is 267 g/mol. The Labute approximate surface area is 94.2 Å². The van der Waals surface area contributed by atoms with Gasteiger partial charge in [0, 0.05) is 0 Å². The van der Waals surface area contributed by atoms with Crippen LogP contribution in [-0.4, -0.2) is 49.2 Å².